The van der Waals surface area contributed by atoms with Gasteiger partial charge in [-0.3, -0.25) is 4.79 Å². The molecule has 0 aromatic heterocycles. The summed E-state index contributed by atoms with van der Waals surface area (Å²) >= 11 is 0. The topological polar surface area (TPSA) is 29.1 Å². The maximum absolute atomic E-state index is 11.8. The number of hydrogen-bond donors (Lipinski definition) is 1. The molecule has 0 unspecified atom stereocenters. The summed E-state index contributed by atoms with van der Waals surface area (Å²) in [6.45, 7) is 4.31. The Morgan fingerprint density at radius 3 is 2.67 bits per heavy atom. The van der Waals surface area contributed by atoms with Crippen molar-refractivity contribution in [2.45, 2.75) is 38.1 Å². The number of hydrogen-bond acceptors (Lipinski definition) is 1. The van der Waals surface area contributed by atoms with E-state index in [1.54, 1.807) is 0 Å². The molecule has 0 bridgehead atoms. The van der Waals surface area contributed by atoms with Gasteiger partial charge in [0.25, 0.3) is 5.91 Å². The zero-order chi connectivity index (χ0) is 10.6. The third-order valence-electron chi connectivity index (χ3n) is 3.57. The first kappa shape index (κ1) is 8.96. The highest BCUT2D eigenvalue weighted by Crippen LogP contribution is 2.50. The van der Waals surface area contributed by atoms with Crippen molar-refractivity contribution in [2.24, 2.45) is 0 Å². The fraction of sp³-hybridized carbons (Fsp3) is 0.462. The molecule has 2 aliphatic rings. The molecule has 1 aromatic rings. The minimum Gasteiger partial charge on any atom is -0.342 e. The summed E-state index contributed by atoms with van der Waals surface area (Å²) in [6.07, 6.45) is 2.21. The van der Waals surface area contributed by atoms with Gasteiger partial charge in [-0.15, -0.1) is 0 Å². The van der Waals surface area contributed by atoms with E-state index >= 15 is 0 Å². The summed E-state index contributed by atoms with van der Waals surface area (Å²) in [6, 6.07) is 6.35. The highest BCUT2D eigenvalue weighted by Gasteiger charge is 2.51. The van der Waals surface area contributed by atoms with Gasteiger partial charge in [-0.25, -0.2) is 0 Å². The van der Waals surface area contributed by atoms with Crippen LogP contribution in [0.4, 0.5) is 0 Å². The van der Waals surface area contributed by atoms with Crippen molar-refractivity contribution in [3.63, 3.8) is 0 Å². The molecule has 78 valence electrons. The molecule has 1 aliphatic carbocycles. The van der Waals surface area contributed by atoms with Gasteiger partial charge < -0.3 is 5.32 Å². The van der Waals surface area contributed by atoms with Gasteiger partial charge in [0.15, 0.2) is 0 Å². The van der Waals surface area contributed by atoms with E-state index in [9.17, 15) is 4.79 Å². The van der Waals surface area contributed by atoms with Gasteiger partial charge >= 0.3 is 0 Å². The molecule has 0 radical (unpaired) electrons. The van der Waals surface area contributed by atoms with Gasteiger partial charge in [-0.1, -0.05) is 26.0 Å². The average Bonchev–Trinajstić information content (AvgIpc) is 2.91. The zero-order valence-corrected chi connectivity index (χ0v) is 9.13. The van der Waals surface area contributed by atoms with Crippen molar-refractivity contribution in [2.75, 3.05) is 0 Å². The Labute approximate surface area is 89.7 Å². The van der Waals surface area contributed by atoms with Crippen LogP contribution < -0.4 is 5.32 Å². The zero-order valence-electron chi connectivity index (χ0n) is 9.13. The standard InChI is InChI=1S/C13H15NO/c1-8(2)9-3-4-11-10(7-9)12(15)14-13(11)5-6-13/h3-4,7-8H,5-6H2,1-2H3,(H,14,15). The predicted octanol–water partition coefficient (Wildman–Crippen LogP) is 2.54. The lowest BCUT2D eigenvalue weighted by Gasteiger charge is -2.09. The van der Waals surface area contributed by atoms with Crippen LogP contribution in [0.3, 0.4) is 0 Å². The molecular formula is C13H15NO. The molecule has 1 spiro atoms. The maximum Gasteiger partial charge on any atom is 0.252 e. The minimum absolute atomic E-state index is 0.0297. The number of benzene rings is 1. The number of carbonyl (C=O) groups excluding carboxylic acids is 1. The van der Waals surface area contributed by atoms with Gasteiger partial charge in [0, 0.05) is 5.56 Å². The van der Waals surface area contributed by atoms with Crippen LogP contribution >= 0.6 is 0 Å². The van der Waals surface area contributed by atoms with E-state index in [1.807, 2.05) is 0 Å². The fourth-order valence-corrected chi connectivity index (χ4v) is 2.40. The highest BCUT2D eigenvalue weighted by atomic mass is 16.2. The quantitative estimate of drug-likeness (QED) is 0.743. The normalized spacial score (nSPS) is 20.6. The van der Waals surface area contributed by atoms with Crippen LogP contribution in [0.25, 0.3) is 0 Å². The lowest BCUT2D eigenvalue weighted by atomic mass is 9.95. The first-order valence-electron chi connectivity index (χ1n) is 5.59. The lowest BCUT2D eigenvalue weighted by molar-refractivity contribution is 0.0952. The number of rotatable bonds is 1. The molecule has 1 aromatic carbocycles. The van der Waals surface area contributed by atoms with Gasteiger partial charge in [-0.2, -0.15) is 0 Å². The first-order valence-corrected chi connectivity index (χ1v) is 5.59. The van der Waals surface area contributed by atoms with E-state index in [1.165, 1.54) is 11.1 Å². The van der Waals surface area contributed by atoms with Crippen molar-refractivity contribution in [3.05, 3.63) is 34.9 Å². The van der Waals surface area contributed by atoms with Crippen LogP contribution in [0.2, 0.25) is 0 Å². The summed E-state index contributed by atoms with van der Waals surface area (Å²) in [7, 11) is 0. The summed E-state index contributed by atoms with van der Waals surface area (Å²) in [5, 5.41) is 3.10. The van der Waals surface area contributed by atoms with Gasteiger partial charge in [-0.05, 0) is 36.0 Å². The molecule has 3 rings (SSSR count). The van der Waals surface area contributed by atoms with E-state index in [4.69, 9.17) is 0 Å². The van der Waals surface area contributed by atoms with E-state index in [0.717, 1.165) is 18.4 Å². The van der Waals surface area contributed by atoms with Crippen molar-refractivity contribution in [1.82, 2.24) is 5.32 Å². The fourth-order valence-electron chi connectivity index (χ4n) is 2.40. The van der Waals surface area contributed by atoms with E-state index in [-0.39, 0.29) is 11.4 Å². The number of nitrogens with one attached hydrogen (secondary N) is 1. The van der Waals surface area contributed by atoms with Gasteiger partial charge in [0.1, 0.15) is 0 Å². The molecule has 1 fully saturated rings. The second-order valence-corrected chi connectivity index (χ2v) is 5.00. The van der Waals surface area contributed by atoms with Crippen LogP contribution in [-0.4, -0.2) is 5.91 Å². The molecule has 1 amide bonds. The Kier molecular flexibility index (Phi) is 1.57. The minimum atomic E-state index is 0.0297. The monoisotopic (exact) mass is 201 g/mol. The van der Waals surface area contributed by atoms with Crippen molar-refractivity contribution < 1.29 is 4.79 Å². The van der Waals surface area contributed by atoms with Gasteiger partial charge in [0.05, 0.1) is 5.54 Å². The smallest absolute Gasteiger partial charge is 0.252 e. The molecule has 1 saturated carbocycles. The Morgan fingerprint density at radius 1 is 1.33 bits per heavy atom. The molecule has 2 heteroatoms. The largest absolute Gasteiger partial charge is 0.342 e. The van der Waals surface area contributed by atoms with Crippen LogP contribution in [0.1, 0.15) is 54.1 Å². The Morgan fingerprint density at radius 2 is 2.07 bits per heavy atom. The van der Waals surface area contributed by atoms with Crippen LogP contribution in [0.15, 0.2) is 18.2 Å². The molecule has 1 aliphatic heterocycles. The Balaban J connectivity index is 2.13. The lowest BCUT2D eigenvalue weighted by Crippen LogP contribution is -2.25. The molecule has 0 atom stereocenters. The van der Waals surface area contributed by atoms with Crippen LogP contribution in [0, 0.1) is 0 Å². The van der Waals surface area contributed by atoms with E-state index in [0.29, 0.717) is 5.92 Å². The highest BCUT2D eigenvalue weighted by molar-refractivity contribution is 6.00. The SMILES string of the molecule is CC(C)c1ccc2c(c1)C(=O)NC21CC1. The van der Waals surface area contributed by atoms with E-state index < -0.39 is 0 Å². The first-order chi connectivity index (χ1) is 7.12. The Hall–Kier alpha value is -1.31. The summed E-state index contributed by atoms with van der Waals surface area (Å²) in [4.78, 5) is 11.8. The second-order valence-electron chi connectivity index (χ2n) is 5.00. The number of amides is 1. The second kappa shape index (κ2) is 2.63. The van der Waals surface area contributed by atoms with Crippen LogP contribution in [0.5, 0.6) is 0 Å². The van der Waals surface area contributed by atoms with E-state index in [2.05, 4.69) is 37.4 Å². The summed E-state index contributed by atoms with van der Waals surface area (Å²) in [5.74, 6) is 0.601. The maximum atomic E-state index is 11.8. The van der Waals surface area contributed by atoms with Crippen molar-refractivity contribution >= 4 is 5.91 Å². The molecule has 1 N–H and O–H groups in total. The predicted molar refractivity (Wildman–Crippen MR) is 58.9 cm³/mol. The summed E-state index contributed by atoms with van der Waals surface area (Å²) < 4.78 is 0. The molecule has 15 heavy (non-hydrogen) atoms. The number of fused-ring (bicyclic) bond motifs is 2. The van der Waals surface area contributed by atoms with Crippen LogP contribution in [-0.2, 0) is 5.54 Å². The third kappa shape index (κ3) is 1.14. The molecular weight excluding hydrogens is 186 g/mol. The molecule has 1 heterocycles. The molecule has 2 nitrogen and oxygen atoms in total. The molecule has 0 saturated heterocycles. The van der Waals surface area contributed by atoms with Gasteiger partial charge in [0.2, 0.25) is 0 Å². The van der Waals surface area contributed by atoms with Crippen molar-refractivity contribution in [3.8, 4) is 0 Å². The Bertz CT molecular complexity index is 444. The van der Waals surface area contributed by atoms with Crippen molar-refractivity contribution in [1.29, 1.82) is 0 Å². The average molecular weight is 201 g/mol. The summed E-state index contributed by atoms with van der Waals surface area (Å²) in [5.41, 5.74) is 3.40. The number of carbonyl (C=O) groups is 1. The third-order valence-corrected chi connectivity index (χ3v) is 3.57.